The van der Waals surface area contributed by atoms with Gasteiger partial charge in [-0.1, -0.05) is 25.3 Å². The number of hydrogen-bond donors (Lipinski definition) is 1. The highest BCUT2D eigenvalue weighted by Gasteiger charge is 2.27. The fourth-order valence-corrected chi connectivity index (χ4v) is 3.22. The molecule has 0 bridgehead atoms. The van der Waals surface area contributed by atoms with Gasteiger partial charge in [-0.3, -0.25) is 0 Å². The Labute approximate surface area is 87.2 Å². The van der Waals surface area contributed by atoms with E-state index in [1.165, 1.54) is 56.9 Å². The van der Waals surface area contributed by atoms with Gasteiger partial charge in [-0.15, -0.1) is 0 Å². The van der Waals surface area contributed by atoms with Crippen molar-refractivity contribution in [2.45, 2.75) is 51.4 Å². The lowest BCUT2D eigenvalue weighted by molar-refractivity contribution is 0.225. The third-order valence-corrected chi connectivity index (χ3v) is 4.00. The lowest BCUT2D eigenvalue weighted by atomic mass is 9.72. The van der Waals surface area contributed by atoms with Gasteiger partial charge in [0.05, 0.1) is 6.61 Å². The van der Waals surface area contributed by atoms with Crippen molar-refractivity contribution in [2.24, 2.45) is 11.8 Å². The summed E-state index contributed by atoms with van der Waals surface area (Å²) in [6.45, 7) is 0.307. The average molecular weight is 194 g/mol. The molecule has 2 aliphatic carbocycles. The number of hydrogen-bond acceptors (Lipinski definition) is 1. The summed E-state index contributed by atoms with van der Waals surface area (Å²) in [5.74, 6) is 1.62. The van der Waals surface area contributed by atoms with Gasteiger partial charge in [0.15, 0.2) is 0 Å². The molecule has 0 aliphatic heterocycles. The molecular formula is C13H22O. The van der Waals surface area contributed by atoms with Crippen LogP contribution in [0, 0.1) is 11.8 Å². The highest BCUT2D eigenvalue weighted by Crippen LogP contribution is 2.38. The molecular weight excluding hydrogens is 172 g/mol. The van der Waals surface area contributed by atoms with Crippen molar-refractivity contribution in [3.63, 3.8) is 0 Å². The maximum atomic E-state index is 9.32. The largest absolute Gasteiger partial charge is 0.392 e. The minimum absolute atomic E-state index is 0.307. The molecule has 1 nitrogen and oxygen atoms in total. The molecule has 1 fully saturated rings. The maximum absolute atomic E-state index is 9.32. The first-order valence-electron chi connectivity index (χ1n) is 6.21. The van der Waals surface area contributed by atoms with E-state index < -0.39 is 0 Å². The molecule has 14 heavy (non-hydrogen) atoms. The van der Waals surface area contributed by atoms with E-state index in [1.54, 1.807) is 0 Å². The Bertz CT molecular complexity index is 201. The summed E-state index contributed by atoms with van der Waals surface area (Å²) in [7, 11) is 0. The molecule has 0 aromatic rings. The van der Waals surface area contributed by atoms with Crippen molar-refractivity contribution in [3.05, 3.63) is 11.6 Å². The Kier molecular flexibility index (Phi) is 3.63. The predicted octanol–water partition coefficient (Wildman–Crippen LogP) is 3.29. The zero-order valence-corrected chi connectivity index (χ0v) is 9.04. The molecule has 2 aliphatic rings. The summed E-state index contributed by atoms with van der Waals surface area (Å²) in [4.78, 5) is 0. The van der Waals surface area contributed by atoms with Gasteiger partial charge in [0, 0.05) is 0 Å². The van der Waals surface area contributed by atoms with E-state index in [9.17, 15) is 5.11 Å². The van der Waals surface area contributed by atoms with Crippen LogP contribution in [-0.2, 0) is 0 Å². The van der Waals surface area contributed by atoms with Crippen LogP contribution in [0.25, 0.3) is 0 Å². The smallest absolute Gasteiger partial charge is 0.0644 e. The second-order valence-corrected chi connectivity index (χ2v) is 4.87. The van der Waals surface area contributed by atoms with E-state index in [-0.39, 0.29) is 0 Å². The first-order valence-corrected chi connectivity index (χ1v) is 6.21. The first kappa shape index (κ1) is 10.2. The van der Waals surface area contributed by atoms with E-state index >= 15 is 0 Å². The molecule has 0 spiro atoms. The van der Waals surface area contributed by atoms with Gasteiger partial charge in [-0.25, -0.2) is 0 Å². The highest BCUT2D eigenvalue weighted by atomic mass is 16.3. The lowest BCUT2D eigenvalue weighted by Crippen LogP contribution is -2.23. The second-order valence-electron chi connectivity index (χ2n) is 4.87. The second kappa shape index (κ2) is 4.97. The fourth-order valence-electron chi connectivity index (χ4n) is 3.22. The number of rotatable bonds is 2. The van der Waals surface area contributed by atoms with Crippen molar-refractivity contribution in [1.29, 1.82) is 0 Å². The topological polar surface area (TPSA) is 20.2 Å². The van der Waals surface area contributed by atoms with Crippen LogP contribution in [0.3, 0.4) is 0 Å². The van der Waals surface area contributed by atoms with E-state index in [0.717, 1.165) is 11.8 Å². The minimum atomic E-state index is 0.307. The van der Waals surface area contributed by atoms with Crippen LogP contribution in [0.5, 0.6) is 0 Å². The van der Waals surface area contributed by atoms with Crippen molar-refractivity contribution in [1.82, 2.24) is 0 Å². The lowest BCUT2D eigenvalue weighted by Gasteiger charge is -2.33. The van der Waals surface area contributed by atoms with Gasteiger partial charge in [-0.05, 0) is 49.5 Å². The van der Waals surface area contributed by atoms with E-state index in [1.807, 2.05) is 0 Å². The Morgan fingerprint density at radius 3 is 2.57 bits per heavy atom. The molecule has 0 amide bonds. The van der Waals surface area contributed by atoms with Crippen LogP contribution >= 0.6 is 0 Å². The van der Waals surface area contributed by atoms with Gasteiger partial charge in [0.25, 0.3) is 0 Å². The molecule has 0 aromatic carbocycles. The molecule has 1 unspecified atom stereocenters. The minimum Gasteiger partial charge on any atom is -0.392 e. The Morgan fingerprint density at radius 1 is 1.07 bits per heavy atom. The molecule has 0 saturated heterocycles. The molecule has 1 saturated carbocycles. The average Bonchev–Trinajstić information content (AvgIpc) is 2.30. The van der Waals surface area contributed by atoms with Crippen molar-refractivity contribution < 1.29 is 5.11 Å². The molecule has 1 heteroatoms. The number of aliphatic hydroxyl groups excluding tert-OH is 1. The fraction of sp³-hybridized carbons (Fsp3) is 0.846. The summed E-state index contributed by atoms with van der Waals surface area (Å²) in [5, 5.41) is 9.32. The first-order chi connectivity index (χ1) is 6.92. The van der Waals surface area contributed by atoms with E-state index in [4.69, 9.17) is 0 Å². The van der Waals surface area contributed by atoms with E-state index in [2.05, 4.69) is 6.08 Å². The summed E-state index contributed by atoms with van der Waals surface area (Å²) in [6, 6.07) is 0. The molecule has 0 heterocycles. The van der Waals surface area contributed by atoms with Gasteiger partial charge in [-0.2, -0.15) is 0 Å². The maximum Gasteiger partial charge on any atom is 0.0644 e. The summed E-state index contributed by atoms with van der Waals surface area (Å²) < 4.78 is 0. The van der Waals surface area contributed by atoms with Gasteiger partial charge in [0.1, 0.15) is 0 Å². The van der Waals surface area contributed by atoms with Crippen molar-refractivity contribution in [3.8, 4) is 0 Å². The Hall–Kier alpha value is -0.300. The molecule has 0 radical (unpaired) electrons. The van der Waals surface area contributed by atoms with Crippen LogP contribution in [0.4, 0.5) is 0 Å². The van der Waals surface area contributed by atoms with Gasteiger partial charge < -0.3 is 5.11 Å². The normalized spacial score (nSPS) is 30.1. The van der Waals surface area contributed by atoms with Crippen LogP contribution in [0.1, 0.15) is 51.4 Å². The zero-order chi connectivity index (χ0) is 9.80. The molecule has 0 aromatic heterocycles. The summed E-state index contributed by atoms with van der Waals surface area (Å²) >= 11 is 0. The predicted molar refractivity (Wildman–Crippen MR) is 59.1 cm³/mol. The highest BCUT2D eigenvalue weighted by molar-refractivity contribution is 5.11. The molecule has 1 atom stereocenters. The van der Waals surface area contributed by atoms with E-state index in [0.29, 0.717) is 6.61 Å². The van der Waals surface area contributed by atoms with Crippen LogP contribution < -0.4 is 0 Å². The quantitative estimate of drug-likeness (QED) is 0.669. The van der Waals surface area contributed by atoms with Gasteiger partial charge >= 0.3 is 0 Å². The number of allylic oxidation sites excluding steroid dienone is 1. The summed E-state index contributed by atoms with van der Waals surface area (Å²) in [6.07, 6.45) is 13.2. The summed E-state index contributed by atoms with van der Waals surface area (Å²) in [5.41, 5.74) is 1.35. The van der Waals surface area contributed by atoms with Crippen molar-refractivity contribution in [2.75, 3.05) is 6.61 Å². The molecule has 2 rings (SSSR count). The number of aliphatic hydroxyl groups is 1. The third-order valence-electron chi connectivity index (χ3n) is 4.00. The van der Waals surface area contributed by atoms with Crippen LogP contribution in [0.15, 0.2) is 11.6 Å². The Balaban J connectivity index is 1.99. The standard InChI is InChI=1S/C13H22O/c14-10-12-8-4-5-9-13(12)11-6-2-1-3-7-11/h8,11,13-14H,1-7,9-10H2. The SMILES string of the molecule is OCC1=CCCCC1C1CCCCC1. The third kappa shape index (κ3) is 2.20. The monoisotopic (exact) mass is 194 g/mol. The molecule has 1 N–H and O–H groups in total. The zero-order valence-electron chi connectivity index (χ0n) is 9.04. The molecule has 80 valence electrons. The van der Waals surface area contributed by atoms with Crippen LogP contribution in [-0.4, -0.2) is 11.7 Å². The van der Waals surface area contributed by atoms with Gasteiger partial charge in [0.2, 0.25) is 0 Å². The van der Waals surface area contributed by atoms with Crippen molar-refractivity contribution >= 4 is 0 Å². The van der Waals surface area contributed by atoms with Crippen LogP contribution in [0.2, 0.25) is 0 Å². The Morgan fingerprint density at radius 2 is 1.86 bits per heavy atom.